The number of nitrogens with one attached hydrogen (secondary N) is 3. The van der Waals surface area contributed by atoms with E-state index in [1.54, 1.807) is 12.1 Å². The molecule has 0 saturated heterocycles. The minimum Gasteiger partial charge on any atom is -0.328 e. The van der Waals surface area contributed by atoms with Crippen LogP contribution in [0.25, 0.3) is 0 Å². The highest BCUT2D eigenvalue weighted by Crippen LogP contribution is 2.25. The summed E-state index contributed by atoms with van der Waals surface area (Å²) in [6.07, 6.45) is 1.82. The van der Waals surface area contributed by atoms with Gasteiger partial charge in [0, 0.05) is 17.4 Å². The number of aromatic amines is 1. The van der Waals surface area contributed by atoms with Crippen LogP contribution in [-0.2, 0) is 0 Å². The van der Waals surface area contributed by atoms with Gasteiger partial charge in [0.15, 0.2) is 0 Å². The molecular formula is C16H21Cl2N5. The molecule has 0 bridgehead atoms. The molecule has 0 aliphatic rings. The lowest BCUT2D eigenvalue weighted by Crippen LogP contribution is -2.24. The first-order chi connectivity index (χ1) is 10.8. The number of aromatic nitrogens is 2. The van der Waals surface area contributed by atoms with Crippen molar-refractivity contribution in [3.05, 3.63) is 40.1 Å². The van der Waals surface area contributed by atoms with Crippen LogP contribution in [0.2, 0.25) is 10.0 Å². The molecule has 0 aliphatic heterocycles. The van der Waals surface area contributed by atoms with Crippen molar-refractivity contribution < 1.29 is 0 Å². The molecule has 0 atom stereocenters. The van der Waals surface area contributed by atoms with Crippen molar-refractivity contribution in [1.82, 2.24) is 9.97 Å². The van der Waals surface area contributed by atoms with Gasteiger partial charge in [-0.3, -0.25) is 5.32 Å². The van der Waals surface area contributed by atoms with E-state index in [0.717, 1.165) is 11.4 Å². The number of hydrogen-bond acceptors (Lipinski definition) is 2. The second-order valence-electron chi connectivity index (χ2n) is 5.79. The first-order valence-electron chi connectivity index (χ1n) is 7.47. The minimum atomic E-state index is 0.118. The predicted octanol–water partition coefficient (Wildman–Crippen LogP) is 5.13. The summed E-state index contributed by atoms with van der Waals surface area (Å²) in [5.74, 6) is 1.61. The third-order valence-corrected chi connectivity index (χ3v) is 3.76. The molecule has 0 unspecified atom stereocenters. The van der Waals surface area contributed by atoms with Crippen LogP contribution in [0, 0.1) is 0 Å². The number of aliphatic imine (C=N–C) groups is 1. The van der Waals surface area contributed by atoms with E-state index in [2.05, 4.69) is 39.4 Å². The van der Waals surface area contributed by atoms with Gasteiger partial charge in [-0.25, -0.2) is 9.98 Å². The van der Waals surface area contributed by atoms with Crippen molar-refractivity contribution in [2.75, 3.05) is 10.6 Å². The summed E-state index contributed by atoms with van der Waals surface area (Å²) in [5.41, 5.74) is 1.85. The molecule has 0 fully saturated rings. The SMILES string of the molecule is CC(C)N=C(Nc1ccc(Cl)c(Cl)c1)Nc1ncc(C(C)C)[nH]1. The molecule has 1 aromatic heterocycles. The highest BCUT2D eigenvalue weighted by molar-refractivity contribution is 6.42. The number of halogens is 2. The van der Waals surface area contributed by atoms with Crippen molar-refractivity contribution >= 4 is 40.8 Å². The molecule has 124 valence electrons. The van der Waals surface area contributed by atoms with Crippen LogP contribution in [-0.4, -0.2) is 22.0 Å². The average Bonchev–Trinajstić information content (AvgIpc) is 2.91. The summed E-state index contributed by atoms with van der Waals surface area (Å²) in [7, 11) is 0. The third kappa shape index (κ3) is 5.15. The lowest BCUT2D eigenvalue weighted by Gasteiger charge is -2.13. The maximum absolute atomic E-state index is 6.05. The van der Waals surface area contributed by atoms with Crippen LogP contribution >= 0.6 is 23.2 Å². The summed E-state index contributed by atoms with van der Waals surface area (Å²) < 4.78 is 0. The first-order valence-corrected chi connectivity index (χ1v) is 8.22. The largest absolute Gasteiger partial charge is 0.328 e. The van der Waals surface area contributed by atoms with Gasteiger partial charge in [0.25, 0.3) is 0 Å². The van der Waals surface area contributed by atoms with Gasteiger partial charge >= 0.3 is 0 Å². The molecule has 0 amide bonds. The number of hydrogen-bond donors (Lipinski definition) is 3. The van der Waals surface area contributed by atoms with Gasteiger partial charge in [0.2, 0.25) is 11.9 Å². The molecule has 3 N–H and O–H groups in total. The normalized spacial score (nSPS) is 12.1. The van der Waals surface area contributed by atoms with Crippen LogP contribution in [0.15, 0.2) is 29.4 Å². The quantitative estimate of drug-likeness (QED) is 0.527. The maximum atomic E-state index is 6.05. The summed E-state index contributed by atoms with van der Waals surface area (Å²) in [6.45, 7) is 8.21. The van der Waals surface area contributed by atoms with Gasteiger partial charge in [-0.2, -0.15) is 0 Å². The smallest absolute Gasteiger partial charge is 0.207 e. The molecular weight excluding hydrogens is 333 g/mol. The average molecular weight is 354 g/mol. The molecule has 2 aromatic rings. The number of benzene rings is 1. The fraction of sp³-hybridized carbons (Fsp3) is 0.375. The van der Waals surface area contributed by atoms with E-state index in [1.807, 2.05) is 26.1 Å². The minimum absolute atomic E-state index is 0.118. The van der Waals surface area contributed by atoms with Gasteiger partial charge in [-0.1, -0.05) is 37.0 Å². The summed E-state index contributed by atoms with van der Waals surface area (Å²) in [5, 5.41) is 7.37. The Morgan fingerprint density at radius 1 is 1.13 bits per heavy atom. The highest BCUT2D eigenvalue weighted by Gasteiger charge is 2.08. The Bertz CT molecular complexity index is 692. The molecule has 0 spiro atoms. The van der Waals surface area contributed by atoms with E-state index in [9.17, 15) is 0 Å². The van der Waals surface area contributed by atoms with E-state index in [1.165, 1.54) is 0 Å². The van der Waals surface area contributed by atoms with E-state index in [0.29, 0.717) is 27.9 Å². The van der Waals surface area contributed by atoms with Crippen LogP contribution in [0.5, 0.6) is 0 Å². The maximum Gasteiger partial charge on any atom is 0.207 e. The van der Waals surface area contributed by atoms with Crippen LogP contribution in [0.4, 0.5) is 11.6 Å². The predicted molar refractivity (Wildman–Crippen MR) is 99.0 cm³/mol. The third-order valence-electron chi connectivity index (χ3n) is 3.02. The number of anilines is 2. The zero-order valence-electron chi connectivity index (χ0n) is 13.6. The van der Waals surface area contributed by atoms with E-state index in [-0.39, 0.29) is 6.04 Å². The number of rotatable bonds is 4. The number of guanidine groups is 1. The lowest BCUT2D eigenvalue weighted by molar-refractivity contribution is 0.831. The topological polar surface area (TPSA) is 65.1 Å². The number of H-pyrrole nitrogens is 1. The fourth-order valence-electron chi connectivity index (χ4n) is 1.87. The van der Waals surface area contributed by atoms with Gasteiger partial charge < -0.3 is 10.3 Å². The van der Waals surface area contributed by atoms with Crippen LogP contribution in [0.1, 0.15) is 39.3 Å². The first kappa shape index (κ1) is 17.6. The standard InChI is InChI=1S/C16H21Cl2N5/c1-9(2)14-8-19-15(22-14)23-16(20-10(3)4)21-11-5-6-12(17)13(18)7-11/h5-10H,1-4H3,(H3,19,20,21,22,23). The molecule has 1 aromatic carbocycles. The second kappa shape index (κ2) is 7.70. The molecule has 2 rings (SSSR count). The van der Waals surface area contributed by atoms with Crippen molar-refractivity contribution in [3.8, 4) is 0 Å². The zero-order valence-corrected chi connectivity index (χ0v) is 15.1. The van der Waals surface area contributed by atoms with Gasteiger partial charge in [0.05, 0.1) is 16.2 Å². The second-order valence-corrected chi connectivity index (χ2v) is 6.61. The zero-order chi connectivity index (χ0) is 17.0. The Morgan fingerprint density at radius 3 is 2.43 bits per heavy atom. The molecule has 0 radical (unpaired) electrons. The number of nitrogens with zero attached hydrogens (tertiary/aromatic N) is 2. The van der Waals surface area contributed by atoms with E-state index in [4.69, 9.17) is 23.2 Å². The number of imidazole rings is 1. The van der Waals surface area contributed by atoms with Gasteiger partial charge in [-0.05, 0) is 38.0 Å². The van der Waals surface area contributed by atoms with Gasteiger partial charge in [0.1, 0.15) is 0 Å². The fourth-order valence-corrected chi connectivity index (χ4v) is 2.17. The van der Waals surface area contributed by atoms with Crippen molar-refractivity contribution in [2.24, 2.45) is 4.99 Å². The Labute approximate surface area is 146 Å². The summed E-state index contributed by atoms with van der Waals surface area (Å²) in [4.78, 5) is 12.1. The Kier molecular flexibility index (Phi) is 5.91. The molecule has 7 heteroatoms. The molecule has 23 heavy (non-hydrogen) atoms. The highest BCUT2D eigenvalue weighted by atomic mass is 35.5. The molecule has 0 aliphatic carbocycles. The van der Waals surface area contributed by atoms with Crippen molar-refractivity contribution in [3.63, 3.8) is 0 Å². The van der Waals surface area contributed by atoms with Crippen LogP contribution in [0.3, 0.4) is 0 Å². The summed E-state index contributed by atoms with van der Waals surface area (Å²) >= 11 is 12.0. The monoisotopic (exact) mass is 353 g/mol. The molecule has 5 nitrogen and oxygen atoms in total. The Balaban J connectivity index is 2.18. The Hall–Kier alpha value is -1.72. The van der Waals surface area contributed by atoms with Crippen molar-refractivity contribution in [2.45, 2.75) is 39.7 Å². The van der Waals surface area contributed by atoms with Crippen molar-refractivity contribution in [1.29, 1.82) is 0 Å². The molecule has 1 heterocycles. The van der Waals surface area contributed by atoms with Gasteiger partial charge in [-0.15, -0.1) is 0 Å². The summed E-state index contributed by atoms with van der Waals surface area (Å²) in [6, 6.07) is 5.45. The molecule has 0 saturated carbocycles. The Morgan fingerprint density at radius 2 is 1.87 bits per heavy atom. The van der Waals surface area contributed by atoms with E-state index >= 15 is 0 Å². The van der Waals surface area contributed by atoms with E-state index < -0.39 is 0 Å². The lowest BCUT2D eigenvalue weighted by atomic mass is 10.2. The van der Waals surface area contributed by atoms with Crippen LogP contribution < -0.4 is 10.6 Å².